The van der Waals surface area contributed by atoms with Gasteiger partial charge in [-0.05, 0) is 0 Å². The first kappa shape index (κ1) is 16.1. The van der Waals surface area contributed by atoms with Gasteiger partial charge in [0.15, 0.2) is 0 Å². The van der Waals surface area contributed by atoms with E-state index < -0.39 is 36.4 Å². The van der Waals surface area contributed by atoms with E-state index in [2.05, 4.69) is 0 Å². The molecule has 0 saturated carbocycles. The molecule has 0 rings (SSSR count). The molecule has 0 aromatic carbocycles. The first-order valence-corrected chi connectivity index (χ1v) is 3.11. The summed E-state index contributed by atoms with van der Waals surface area (Å²) in [6.45, 7) is 0. The van der Waals surface area contributed by atoms with E-state index in [4.69, 9.17) is 5.11 Å². The van der Waals surface area contributed by atoms with Crippen molar-refractivity contribution < 1.29 is 72.1 Å². The first-order valence-electron chi connectivity index (χ1n) is 3.11. The maximum atomic E-state index is 10.1. The topological polar surface area (TPSA) is 141 Å². The minimum Gasteiger partial charge on any atom is -0.550 e. The van der Waals surface area contributed by atoms with Crippen LogP contribution in [0.5, 0.6) is 0 Å². The zero-order valence-corrected chi connectivity index (χ0v) is 8.45. The van der Waals surface area contributed by atoms with Crippen LogP contribution in [0, 0.1) is 37.3 Å². The Morgan fingerprint density at radius 1 is 1.00 bits per heavy atom. The molecule has 0 aromatic heterocycles. The van der Waals surface area contributed by atoms with Gasteiger partial charge >= 0.3 is 37.3 Å². The van der Waals surface area contributed by atoms with Gasteiger partial charge in [0.25, 0.3) is 0 Å². The van der Waals surface area contributed by atoms with Crippen molar-refractivity contribution in [2.24, 2.45) is 0 Å². The molecule has 1 N–H and O–H groups in total. The van der Waals surface area contributed by atoms with E-state index in [-0.39, 0.29) is 37.3 Å². The molecule has 0 atom stereocenters. The second kappa shape index (κ2) is 6.17. The van der Waals surface area contributed by atoms with Gasteiger partial charge in [-0.25, -0.2) is 0 Å². The number of carboxylic acid groups (broad SMARTS) is 3. The Kier molecular flexibility index (Phi) is 7.07. The number of carboxylic acids is 3. The van der Waals surface area contributed by atoms with Crippen LogP contribution < -0.4 is 15.3 Å². The molecule has 83 valence electrons. The number of rotatable bonds is 5. The van der Waals surface area contributed by atoms with Crippen LogP contribution in [0.25, 0.3) is 0 Å². The molecule has 0 fully saturated rings. The van der Waals surface area contributed by atoms with Gasteiger partial charge in [0.05, 0.1) is 5.97 Å². The Morgan fingerprint density at radius 2 is 1.29 bits per heavy atom. The van der Waals surface area contributed by atoms with Crippen molar-refractivity contribution in [2.45, 2.75) is 18.4 Å². The predicted octanol–water partition coefficient (Wildman–Crippen LogP) is -5.25. The summed E-state index contributed by atoms with van der Waals surface area (Å²) in [7, 11) is 0. The second-order valence-corrected chi connectivity index (χ2v) is 2.42. The fourth-order valence-corrected chi connectivity index (χ4v) is 0.684. The number of carbonyl (C=O) groups excluding carboxylic acids is 3. The van der Waals surface area contributed by atoms with Crippen molar-refractivity contribution >= 4 is 17.9 Å². The van der Waals surface area contributed by atoms with Gasteiger partial charge in [0.2, 0.25) is 0 Å². The summed E-state index contributed by atoms with van der Waals surface area (Å²) in [5, 5.41) is 38.9. The van der Waals surface area contributed by atoms with Crippen LogP contribution in [0.2, 0.25) is 0 Å². The largest absolute Gasteiger partial charge is 3.00 e. The molecule has 0 saturated heterocycles. The van der Waals surface area contributed by atoms with E-state index in [9.17, 15) is 29.7 Å². The minimum absolute atomic E-state index is 0. The molecule has 0 bridgehead atoms. The number of aliphatic hydroxyl groups is 1. The van der Waals surface area contributed by atoms with Crippen molar-refractivity contribution in [1.82, 2.24) is 0 Å². The third-order valence-electron chi connectivity index (χ3n) is 1.25. The van der Waals surface area contributed by atoms with E-state index in [0.717, 1.165) is 0 Å². The average Bonchev–Trinajstić information content (AvgIpc) is 1.82. The van der Waals surface area contributed by atoms with E-state index >= 15 is 0 Å². The molecule has 0 unspecified atom stereocenters. The zero-order valence-electron chi connectivity index (χ0n) is 6.60. The Bertz CT molecular complexity index is 233. The van der Waals surface area contributed by atoms with E-state index in [1.807, 2.05) is 0 Å². The van der Waals surface area contributed by atoms with Crippen molar-refractivity contribution in [1.29, 1.82) is 0 Å². The normalized spacial score (nSPS) is 10.1. The minimum atomic E-state index is -2.97. The molecule has 0 aliphatic rings. The number of aliphatic carboxylic acids is 3. The molecule has 1 radical (unpaired) electrons. The van der Waals surface area contributed by atoms with Crippen molar-refractivity contribution in [3.8, 4) is 0 Å². The third-order valence-corrected chi connectivity index (χ3v) is 1.25. The molecule has 14 heavy (non-hydrogen) atoms. The Labute approximate surface area is 108 Å². The maximum absolute atomic E-state index is 10.1. The van der Waals surface area contributed by atoms with Crippen LogP contribution in [0.3, 0.4) is 0 Å². The van der Waals surface area contributed by atoms with E-state index in [1.54, 1.807) is 0 Å². The molecular weight excluding hydrogens is 353 g/mol. The molecule has 0 aromatic rings. The predicted molar refractivity (Wildman–Crippen MR) is 29.2 cm³/mol. The number of hydrogen-bond donors (Lipinski definition) is 1. The Hall–Kier alpha value is -0.383. The Morgan fingerprint density at radius 3 is 1.43 bits per heavy atom. The fraction of sp³-hybridized carbons (Fsp3) is 0.500. The second-order valence-electron chi connectivity index (χ2n) is 2.42. The fourth-order valence-electron chi connectivity index (χ4n) is 0.684. The average molecular weight is 358 g/mol. The summed E-state index contributed by atoms with van der Waals surface area (Å²) >= 11 is 0. The van der Waals surface area contributed by atoms with E-state index in [0.29, 0.717) is 0 Å². The zero-order chi connectivity index (χ0) is 10.6. The molecule has 7 nitrogen and oxygen atoms in total. The van der Waals surface area contributed by atoms with Crippen molar-refractivity contribution in [3.05, 3.63) is 0 Å². The van der Waals surface area contributed by atoms with Crippen LogP contribution in [0.1, 0.15) is 12.8 Å². The van der Waals surface area contributed by atoms with Gasteiger partial charge < -0.3 is 34.8 Å². The smallest absolute Gasteiger partial charge is 0.550 e. The molecule has 0 amide bonds. The van der Waals surface area contributed by atoms with Gasteiger partial charge in [-0.3, -0.25) is 0 Å². The summed E-state index contributed by atoms with van der Waals surface area (Å²) < 4.78 is 0. The quantitative estimate of drug-likeness (QED) is 0.518. The molecule has 0 aliphatic carbocycles. The third kappa shape index (κ3) is 5.37. The van der Waals surface area contributed by atoms with Crippen LogP contribution in [0.15, 0.2) is 0 Å². The summed E-state index contributed by atoms with van der Waals surface area (Å²) in [4.78, 5) is 30.0. The maximum Gasteiger partial charge on any atom is 3.00 e. The van der Waals surface area contributed by atoms with Gasteiger partial charge in [0, 0.05) is 24.8 Å². The van der Waals surface area contributed by atoms with Crippen LogP contribution in [-0.4, -0.2) is 28.6 Å². The standard InChI is InChI=1S/C6H8O7.Er/c7-3(8)1-6(13,5(11)12)2-4(9)10;/h13H,1-2H2,(H,7,8)(H,9,10)(H,11,12);/q;+3/p-3/i;1+2. The SMILES string of the molecule is O=C([O-])CC(O)(CC(=O)[O-])C(=O)[O-].[169Er+3]. The summed E-state index contributed by atoms with van der Waals surface area (Å²) in [5.74, 6) is -5.98. The van der Waals surface area contributed by atoms with Crippen molar-refractivity contribution in [3.63, 3.8) is 0 Å². The van der Waals surface area contributed by atoms with Crippen LogP contribution in [-0.2, 0) is 14.4 Å². The molecule has 0 aliphatic heterocycles. The van der Waals surface area contributed by atoms with Crippen molar-refractivity contribution in [2.75, 3.05) is 0 Å². The molecule has 0 heterocycles. The van der Waals surface area contributed by atoms with Gasteiger partial charge in [-0.2, -0.15) is 0 Å². The van der Waals surface area contributed by atoms with Crippen LogP contribution in [0.4, 0.5) is 0 Å². The summed E-state index contributed by atoms with van der Waals surface area (Å²) in [6, 6.07) is 0. The first-order chi connectivity index (χ1) is 5.78. The van der Waals surface area contributed by atoms with Crippen LogP contribution >= 0.6 is 0 Å². The summed E-state index contributed by atoms with van der Waals surface area (Å²) in [6.07, 6.45) is -2.72. The van der Waals surface area contributed by atoms with Gasteiger partial charge in [0.1, 0.15) is 5.60 Å². The monoisotopic (exact) mass is 358 g/mol. The molecule has 8 heteroatoms. The van der Waals surface area contributed by atoms with E-state index in [1.165, 1.54) is 0 Å². The number of hydrogen-bond acceptors (Lipinski definition) is 7. The number of carbonyl (C=O) groups is 3. The van der Waals surface area contributed by atoms with Gasteiger partial charge in [-0.1, -0.05) is 0 Å². The molecule has 0 spiro atoms. The summed E-state index contributed by atoms with van der Waals surface area (Å²) in [5.41, 5.74) is -2.97. The molecular formula is C6H5ErO7. The van der Waals surface area contributed by atoms with Gasteiger partial charge in [-0.15, -0.1) is 0 Å². The Balaban J connectivity index is 0.